The van der Waals surface area contributed by atoms with Gasteiger partial charge >= 0.3 is 6.03 Å². The second kappa shape index (κ2) is 6.97. The third-order valence-corrected chi connectivity index (χ3v) is 5.53. The van der Waals surface area contributed by atoms with Gasteiger partial charge in [-0.3, -0.25) is 0 Å². The minimum Gasteiger partial charge on any atom is -0.396 e. The molecule has 2 heterocycles. The standard InChI is InChI=1S/C16H31N3O2/c1-4-16(2,8-9-20)18-15(21)17-12-10-13-6-5-7-14(11-12)19(13)3/h12-14,20H,4-11H2,1-3H3,(H2,17,18,21). The van der Waals surface area contributed by atoms with Gasteiger partial charge in [0.2, 0.25) is 0 Å². The van der Waals surface area contributed by atoms with Crippen LogP contribution in [-0.2, 0) is 0 Å². The van der Waals surface area contributed by atoms with Gasteiger partial charge in [-0.25, -0.2) is 4.79 Å². The number of carbonyl (C=O) groups is 1. The monoisotopic (exact) mass is 297 g/mol. The first kappa shape index (κ1) is 16.6. The summed E-state index contributed by atoms with van der Waals surface area (Å²) in [4.78, 5) is 14.7. The van der Waals surface area contributed by atoms with Gasteiger partial charge in [-0.2, -0.15) is 0 Å². The van der Waals surface area contributed by atoms with Crippen LogP contribution in [0.4, 0.5) is 4.79 Å². The fourth-order valence-electron chi connectivity index (χ4n) is 3.80. The molecule has 2 fully saturated rings. The number of amides is 2. The molecule has 0 aromatic carbocycles. The van der Waals surface area contributed by atoms with Crippen LogP contribution in [0.2, 0.25) is 0 Å². The minimum absolute atomic E-state index is 0.0829. The molecule has 0 aliphatic carbocycles. The lowest BCUT2D eigenvalue weighted by atomic mass is 9.82. The summed E-state index contributed by atoms with van der Waals surface area (Å²) in [7, 11) is 2.22. The van der Waals surface area contributed by atoms with E-state index in [2.05, 4.69) is 22.6 Å². The molecular formula is C16H31N3O2. The van der Waals surface area contributed by atoms with Crippen molar-refractivity contribution in [1.29, 1.82) is 0 Å². The largest absolute Gasteiger partial charge is 0.396 e. The average molecular weight is 297 g/mol. The Morgan fingerprint density at radius 3 is 2.48 bits per heavy atom. The number of urea groups is 1. The maximum absolute atomic E-state index is 12.2. The first-order chi connectivity index (χ1) is 9.97. The van der Waals surface area contributed by atoms with Gasteiger partial charge < -0.3 is 20.6 Å². The molecule has 122 valence electrons. The lowest BCUT2D eigenvalue weighted by molar-refractivity contribution is 0.0505. The van der Waals surface area contributed by atoms with Gasteiger partial charge in [-0.05, 0) is 52.5 Å². The van der Waals surface area contributed by atoms with Crippen LogP contribution in [0.3, 0.4) is 0 Å². The highest BCUT2D eigenvalue weighted by Gasteiger charge is 2.36. The molecule has 21 heavy (non-hydrogen) atoms. The zero-order chi connectivity index (χ0) is 15.5. The van der Waals surface area contributed by atoms with Crippen LogP contribution in [0.1, 0.15) is 58.8 Å². The highest BCUT2D eigenvalue weighted by atomic mass is 16.3. The summed E-state index contributed by atoms with van der Waals surface area (Å²) in [6.45, 7) is 4.13. The molecule has 0 saturated carbocycles. The van der Waals surface area contributed by atoms with E-state index in [1.165, 1.54) is 19.3 Å². The van der Waals surface area contributed by atoms with E-state index in [1.807, 2.05) is 13.8 Å². The molecular weight excluding hydrogens is 266 g/mol. The van der Waals surface area contributed by atoms with E-state index in [0.717, 1.165) is 19.3 Å². The predicted molar refractivity (Wildman–Crippen MR) is 84.3 cm³/mol. The topological polar surface area (TPSA) is 64.6 Å². The van der Waals surface area contributed by atoms with E-state index < -0.39 is 0 Å². The zero-order valence-corrected chi connectivity index (χ0v) is 13.7. The van der Waals surface area contributed by atoms with E-state index in [1.54, 1.807) is 0 Å². The number of aliphatic hydroxyl groups excluding tert-OH is 1. The highest BCUT2D eigenvalue weighted by Crippen LogP contribution is 2.32. The first-order valence-electron chi connectivity index (χ1n) is 8.39. The second-order valence-corrected chi connectivity index (χ2v) is 7.06. The number of nitrogens with zero attached hydrogens (tertiary/aromatic N) is 1. The summed E-state index contributed by atoms with van der Waals surface area (Å²) in [6.07, 6.45) is 7.36. The van der Waals surface area contributed by atoms with Gasteiger partial charge in [0, 0.05) is 30.3 Å². The third-order valence-electron chi connectivity index (χ3n) is 5.53. The normalized spacial score (nSPS) is 32.3. The van der Waals surface area contributed by atoms with Gasteiger partial charge in [0.25, 0.3) is 0 Å². The number of piperidine rings is 2. The molecule has 0 spiro atoms. The van der Waals surface area contributed by atoms with E-state index in [9.17, 15) is 4.79 Å². The van der Waals surface area contributed by atoms with Crippen molar-refractivity contribution < 1.29 is 9.90 Å². The predicted octanol–water partition coefficient (Wildman–Crippen LogP) is 1.85. The summed E-state index contributed by atoms with van der Waals surface area (Å²) in [6, 6.07) is 1.45. The molecule has 2 rings (SSSR count). The van der Waals surface area contributed by atoms with Gasteiger partial charge in [0.05, 0.1) is 0 Å². The molecule has 2 saturated heterocycles. The highest BCUT2D eigenvalue weighted by molar-refractivity contribution is 5.75. The van der Waals surface area contributed by atoms with Crippen molar-refractivity contribution in [2.24, 2.45) is 0 Å². The Balaban J connectivity index is 1.86. The molecule has 3 unspecified atom stereocenters. The first-order valence-corrected chi connectivity index (χ1v) is 8.39. The molecule has 0 radical (unpaired) electrons. The Morgan fingerprint density at radius 2 is 1.95 bits per heavy atom. The van der Waals surface area contributed by atoms with Gasteiger partial charge in [0.15, 0.2) is 0 Å². The number of hydrogen-bond acceptors (Lipinski definition) is 3. The molecule has 2 aliphatic heterocycles. The van der Waals surface area contributed by atoms with Gasteiger partial charge in [0.1, 0.15) is 0 Å². The smallest absolute Gasteiger partial charge is 0.315 e. The summed E-state index contributed by atoms with van der Waals surface area (Å²) >= 11 is 0. The second-order valence-electron chi connectivity index (χ2n) is 7.06. The maximum Gasteiger partial charge on any atom is 0.315 e. The van der Waals surface area contributed by atoms with Crippen molar-refractivity contribution in [3.05, 3.63) is 0 Å². The van der Waals surface area contributed by atoms with E-state index >= 15 is 0 Å². The molecule has 3 atom stereocenters. The summed E-state index contributed by atoms with van der Waals surface area (Å²) in [5, 5.41) is 15.3. The van der Waals surface area contributed by atoms with Crippen LogP contribution in [-0.4, -0.2) is 53.4 Å². The van der Waals surface area contributed by atoms with Crippen LogP contribution in [0, 0.1) is 0 Å². The number of rotatable bonds is 5. The molecule has 5 nitrogen and oxygen atoms in total. The Hall–Kier alpha value is -0.810. The number of carbonyl (C=O) groups excluding carboxylic acids is 1. The minimum atomic E-state index is -0.319. The van der Waals surface area contributed by atoms with Crippen molar-refractivity contribution in [3.63, 3.8) is 0 Å². The zero-order valence-electron chi connectivity index (χ0n) is 13.7. The summed E-state index contributed by atoms with van der Waals surface area (Å²) in [5.41, 5.74) is -0.319. The third kappa shape index (κ3) is 4.10. The van der Waals surface area contributed by atoms with E-state index in [-0.39, 0.29) is 24.2 Å². The summed E-state index contributed by atoms with van der Waals surface area (Å²) < 4.78 is 0. The van der Waals surface area contributed by atoms with Crippen molar-refractivity contribution in [3.8, 4) is 0 Å². The van der Waals surface area contributed by atoms with E-state index in [0.29, 0.717) is 18.5 Å². The Bertz CT molecular complexity index is 349. The van der Waals surface area contributed by atoms with E-state index in [4.69, 9.17) is 5.11 Å². The maximum atomic E-state index is 12.2. The summed E-state index contributed by atoms with van der Waals surface area (Å²) in [5.74, 6) is 0. The Kier molecular flexibility index (Phi) is 5.49. The fraction of sp³-hybridized carbons (Fsp3) is 0.938. The van der Waals surface area contributed by atoms with Crippen molar-refractivity contribution in [1.82, 2.24) is 15.5 Å². The SMILES string of the molecule is CCC(C)(CCO)NC(=O)NC1CC2CCCC(C1)N2C. The fourth-order valence-corrected chi connectivity index (χ4v) is 3.80. The molecule has 2 bridgehead atoms. The lowest BCUT2D eigenvalue weighted by Crippen LogP contribution is -2.58. The number of nitrogens with one attached hydrogen (secondary N) is 2. The van der Waals surface area contributed by atoms with Crippen LogP contribution in [0.15, 0.2) is 0 Å². The van der Waals surface area contributed by atoms with Gasteiger partial charge in [-0.15, -0.1) is 0 Å². The van der Waals surface area contributed by atoms with Crippen molar-refractivity contribution >= 4 is 6.03 Å². The van der Waals surface area contributed by atoms with Crippen LogP contribution >= 0.6 is 0 Å². The Labute approximate surface area is 128 Å². The molecule has 3 N–H and O–H groups in total. The quantitative estimate of drug-likeness (QED) is 0.725. The molecule has 0 aromatic rings. The van der Waals surface area contributed by atoms with Crippen molar-refractivity contribution in [2.75, 3.05) is 13.7 Å². The molecule has 2 amide bonds. The van der Waals surface area contributed by atoms with Crippen LogP contribution < -0.4 is 10.6 Å². The molecule has 5 heteroatoms. The number of aliphatic hydroxyl groups is 1. The van der Waals surface area contributed by atoms with Crippen LogP contribution in [0.25, 0.3) is 0 Å². The number of hydrogen-bond donors (Lipinski definition) is 3. The van der Waals surface area contributed by atoms with Crippen LogP contribution in [0.5, 0.6) is 0 Å². The molecule has 2 aliphatic rings. The lowest BCUT2D eigenvalue weighted by Gasteiger charge is -2.47. The average Bonchev–Trinajstić information content (AvgIpc) is 2.40. The Morgan fingerprint density at radius 1 is 1.33 bits per heavy atom. The van der Waals surface area contributed by atoms with Crippen molar-refractivity contribution in [2.45, 2.75) is 82.5 Å². The molecule has 0 aromatic heterocycles. The van der Waals surface area contributed by atoms with Gasteiger partial charge in [-0.1, -0.05) is 13.3 Å². The number of fused-ring (bicyclic) bond motifs is 2.